The third-order valence-electron chi connectivity index (χ3n) is 2.31. The Morgan fingerprint density at radius 1 is 1.20 bits per heavy atom. The van der Waals surface area contributed by atoms with Gasteiger partial charge in [-0.2, -0.15) is 0 Å². The van der Waals surface area contributed by atoms with E-state index < -0.39 is 9.84 Å². The summed E-state index contributed by atoms with van der Waals surface area (Å²) in [5.74, 6) is -0.306. The molecule has 5 nitrogen and oxygen atoms in total. The molecule has 1 amide bonds. The molecule has 0 saturated carbocycles. The molecular weight excluding hydrogens is 218 g/mol. The summed E-state index contributed by atoms with van der Waals surface area (Å²) < 4.78 is 22.5. The fourth-order valence-corrected chi connectivity index (χ4v) is 2.78. The van der Waals surface area contributed by atoms with Gasteiger partial charge in [-0.15, -0.1) is 0 Å². The number of amides is 1. The van der Waals surface area contributed by atoms with Gasteiger partial charge in [-0.25, -0.2) is 8.42 Å². The summed E-state index contributed by atoms with van der Waals surface area (Å²) in [6, 6.07) is 0. The van der Waals surface area contributed by atoms with Crippen LogP contribution in [0.15, 0.2) is 0 Å². The van der Waals surface area contributed by atoms with Crippen LogP contribution in [0.1, 0.15) is 19.8 Å². The number of Topliss-reactive ketones (excluding diaryl/α,β-unsaturated/α-hetero) is 1. The van der Waals surface area contributed by atoms with Crippen molar-refractivity contribution in [3.05, 3.63) is 0 Å². The van der Waals surface area contributed by atoms with E-state index in [1.165, 1.54) is 11.8 Å². The van der Waals surface area contributed by atoms with E-state index in [0.29, 0.717) is 13.0 Å². The smallest absolute Gasteiger partial charge is 0.230 e. The molecule has 0 unspecified atom stereocenters. The van der Waals surface area contributed by atoms with Gasteiger partial charge in [-0.1, -0.05) is 0 Å². The molecule has 0 radical (unpaired) electrons. The Balaban J connectivity index is 2.58. The van der Waals surface area contributed by atoms with E-state index in [1.807, 2.05) is 0 Å². The summed E-state index contributed by atoms with van der Waals surface area (Å²) in [7, 11) is -2.99. The first-order valence-corrected chi connectivity index (χ1v) is 6.70. The number of ketones is 1. The van der Waals surface area contributed by atoms with Crippen molar-refractivity contribution in [1.82, 2.24) is 4.90 Å². The number of carbonyl (C=O) groups excluding carboxylic acids is 2. The van der Waals surface area contributed by atoms with Gasteiger partial charge in [0.1, 0.15) is 5.78 Å². The van der Waals surface area contributed by atoms with E-state index in [1.54, 1.807) is 0 Å². The molecule has 1 heterocycles. The molecule has 15 heavy (non-hydrogen) atoms. The zero-order valence-electron chi connectivity index (χ0n) is 8.73. The van der Waals surface area contributed by atoms with Crippen LogP contribution in [0.2, 0.25) is 0 Å². The van der Waals surface area contributed by atoms with Crippen LogP contribution in [0.5, 0.6) is 0 Å². The van der Waals surface area contributed by atoms with Crippen molar-refractivity contribution in [2.45, 2.75) is 19.8 Å². The third-order valence-corrected chi connectivity index (χ3v) is 4.02. The van der Waals surface area contributed by atoms with Crippen LogP contribution >= 0.6 is 0 Å². The summed E-state index contributed by atoms with van der Waals surface area (Å²) in [6.45, 7) is 2.01. The summed E-state index contributed by atoms with van der Waals surface area (Å²) in [6.07, 6.45) is 0.339. The number of sulfone groups is 1. The summed E-state index contributed by atoms with van der Waals surface area (Å²) in [5.41, 5.74) is 0. The van der Waals surface area contributed by atoms with E-state index in [0.717, 1.165) is 0 Å². The van der Waals surface area contributed by atoms with Crippen molar-refractivity contribution in [1.29, 1.82) is 0 Å². The van der Waals surface area contributed by atoms with Gasteiger partial charge in [0.25, 0.3) is 0 Å². The molecule has 1 saturated heterocycles. The molecule has 1 aliphatic heterocycles. The minimum Gasteiger partial charge on any atom is -0.341 e. The molecule has 0 aromatic rings. The standard InChI is InChI=1S/C9H15NO4S/c1-8(11)7-9(12)10-3-2-5-15(13,14)6-4-10/h2-7H2,1H3. The normalized spacial score (nSPS) is 20.7. The SMILES string of the molecule is CC(=O)CC(=O)N1CCCS(=O)(=O)CC1. The molecule has 0 aromatic carbocycles. The average Bonchev–Trinajstić information content (AvgIpc) is 2.25. The van der Waals surface area contributed by atoms with E-state index in [4.69, 9.17) is 0 Å². The van der Waals surface area contributed by atoms with Crippen molar-refractivity contribution in [3.8, 4) is 0 Å². The topological polar surface area (TPSA) is 71.5 Å². The van der Waals surface area contributed by atoms with Crippen LogP contribution in [0.3, 0.4) is 0 Å². The predicted octanol–water partition coefficient (Wildman–Crippen LogP) is -0.387. The first kappa shape index (κ1) is 12.2. The molecule has 1 aliphatic rings. The number of hydrogen-bond acceptors (Lipinski definition) is 4. The van der Waals surface area contributed by atoms with Crippen LogP contribution < -0.4 is 0 Å². The monoisotopic (exact) mass is 233 g/mol. The highest BCUT2D eigenvalue weighted by atomic mass is 32.2. The molecule has 0 aliphatic carbocycles. The fraction of sp³-hybridized carbons (Fsp3) is 0.778. The van der Waals surface area contributed by atoms with Gasteiger partial charge in [0.05, 0.1) is 17.9 Å². The van der Waals surface area contributed by atoms with Crippen molar-refractivity contribution < 1.29 is 18.0 Å². The number of nitrogens with zero attached hydrogens (tertiary/aromatic N) is 1. The van der Waals surface area contributed by atoms with Crippen molar-refractivity contribution in [2.24, 2.45) is 0 Å². The van der Waals surface area contributed by atoms with Crippen LogP contribution in [-0.2, 0) is 19.4 Å². The van der Waals surface area contributed by atoms with Gasteiger partial charge in [-0.05, 0) is 13.3 Å². The maximum atomic E-state index is 11.5. The van der Waals surface area contributed by atoms with Gasteiger partial charge in [0, 0.05) is 13.1 Å². The quantitative estimate of drug-likeness (QED) is 0.609. The highest BCUT2D eigenvalue weighted by Crippen LogP contribution is 2.06. The zero-order valence-corrected chi connectivity index (χ0v) is 9.55. The van der Waals surface area contributed by atoms with Crippen LogP contribution in [0, 0.1) is 0 Å². The maximum Gasteiger partial charge on any atom is 0.230 e. The van der Waals surface area contributed by atoms with Crippen molar-refractivity contribution in [3.63, 3.8) is 0 Å². The summed E-state index contributed by atoms with van der Waals surface area (Å²) in [5, 5.41) is 0. The fourth-order valence-electron chi connectivity index (χ4n) is 1.51. The molecule has 1 fully saturated rings. The Labute approximate surface area is 89.4 Å². The number of carbonyl (C=O) groups is 2. The molecule has 1 rings (SSSR count). The molecule has 0 bridgehead atoms. The first-order chi connectivity index (χ1) is 6.91. The largest absolute Gasteiger partial charge is 0.341 e. The first-order valence-electron chi connectivity index (χ1n) is 4.88. The number of hydrogen-bond donors (Lipinski definition) is 0. The average molecular weight is 233 g/mol. The molecule has 86 valence electrons. The minimum atomic E-state index is -2.99. The summed E-state index contributed by atoms with van der Waals surface area (Å²) >= 11 is 0. The lowest BCUT2D eigenvalue weighted by atomic mass is 10.2. The molecular formula is C9H15NO4S. The lowest BCUT2D eigenvalue weighted by Crippen LogP contribution is -2.34. The summed E-state index contributed by atoms with van der Waals surface area (Å²) in [4.78, 5) is 23.7. The Morgan fingerprint density at radius 2 is 1.87 bits per heavy atom. The van der Waals surface area contributed by atoms with Gasteiger partial charge < -0.3 is 4.90 Å². The molecule has 0 atom stereocenters. The second kappa shape index (κ2) is 4.74. The Hall–Kier alpha value is -0.910. The van der Waals surface area contributed by atoms with Crippen LogP contribution in [-0.4, -0.2) is 49.6 Å². The number of rotatable bonds is 2. The van der Waals surface area contributed by atoms with E-state index in [2.05, 4.69) is 0 Å². The van der Waals surface area contributed by atoms with Crippen LogP contribution in [0.4, 0.5) is 0 Å². The van der Waals surface area contributed by atoms with E-state index >= 15 is 0 Å². The highest BCUT2D eigenvalue weighted by Gasteiger charge is 2.22. The lowest BCUT2D eigenvalue weighted by Gasteiger charge is -2.18. The van der Waals surface area contributed by atoms with Gasteiger partial charge in [0.2, 0.25) is 5.91 Å². The van der Waals surface area contributed by atoms with Gasteiger partial charge in [-0.3, -0.25) is 9.59 Å². The Bertz CT molecular complexity index is 360. The molecule has 6 heteroatoms. The van der Waals surface area contributed by atoms with Gasteiger partial charge >= 0.3 is 0 Å². The van der Waals surface area contributed by atoms with Gasteiger partial charge in [0.15, 0.2) is 9.84 Å². The van der Waals surface area contributed by atoms with Crippen molar-refractivity contribution >= 4 is 21.5 Å². The molecule has 0 aromatic heterocycles. The van der Waals surface area contributed by atoms with Crippen LogP contribution in [0.25, 0.3) is 0 Å². The predicted molar refractivity (Wildman–Crippen MR) is 55.1 cm³/mol. The Morgan fingerprint density at radius 3 is 2.47 bits per heavy atom. The second-order valence-electron chi connectivity index (χ2n) is 3.76. The zero-order chi connectivity index (χ0) is 11.5. The molecule has 0 N–H and O–H groups in total. The maximum absolute atomic E-state index is 11.5. The highest BCUT2D eigenvalue weighted by molar-refractivity contribution is 7.91. The van der Waals surface area contributed by atoms with Crippen molar-refractivity contribution in [2.75, 3.05) is 24.6 Å². The molecule has 0 spiro atoms. The Kier molecular flexibility index (Phi) is 3.84. The van der Waals surface area contributed by atoms with E-state index in [9.17, 15) is 18.0 Å². The second-order valence-corrected chi connectivity index (χ2v) is 6.07. The minimum absolute atomic E-state index is 0.0106. The van der Waals surface area contributed by atoms with E-state index in [-0.39, 0.29) is 36.2 Å². The third kappa shape index (κ3) is 3.99. The lowest BCUT2D eigenvalue weighted by molar-refractivity contribution is -0.134.